The smallest absolute Gasteiger partial charge is 0.317 e. The molecule has 22 heavy (non-hydrogen) atoms. The Labute approximate surface area is 132 Å². The molecule has 2 rings (SSSR count). The Bertz CT molecular complexity index is 370. The number of morpholine rings is 1. The first kappa shape index (κ1) is 17.1. The van der Waals surface area contributed by atoms with Crippen LogP contribution in [0.1, 0.15) is 45.4 Å². The van der Waals surface area contributed by atoms with Crippen LogP contribution in [0, 0.1) is 5.92 Å². The minimum atomic E-state index is -0.0725. The number of amides is 3. The average molecular weight is 311 g/mol. The topological polar surface area (TPSA) is 70.7 Å². The van der Waals surface area contributed by atoms with Crippen LogP contribution in [-0.4, -0.2) is 55.7 Å². The molecule has 0 bridgehead atoms. The third kappa shape index (κ3) is 5.83. The number of carbonyl (C=O) groups excluding carboxylic acids is 2. The molecule has 6 heteroatoms. The van der Waals surface area contributed by atoms with Crippen molar-refractivity contribution < 1.29 is 14.3 Å². The molecule has 0 spiro atoms. The zero-order valence-electron chi connectivity index (χ0n) is 13.6. The second-order valence-corrected chi connectivity index (χ2v) is 6.42. The summed E-state index contributed by atoms with van der Waals surface area (Å²) in [4.78, 5) is 25.6. The van der Waals surface area contributed by atoms with E-state index in [1.165, 1.54) is 32.1 Å². The third-order valence-corrected chi connectivity index (χ3v) is 4.45. The average Bonchev–Trinajstić information content (AvgIpc) is 2.52. The van der Waals surface area contributed by atoms with Crippen molar-refractivity contribution >= 4 is 11.9 Å². The first-order valence-corrected chi connectivity index (χ1v) is 8.56. The summed E-state index contributed by atoms with van der Waals surface area (Å²) >= 11 is 0. The highest BCUT2D eigenvalue weighted by atomic mass is 16.5. The zero-order chi connectivity index (χ0) is 15.8. The van der Waals surface area contributed by atoms with Gasteiger partial charge in [-0.05, 0) is 25.7 Å². The van der Waals surface area contributed by atoms with E-state index >= 15 is 0 Å². The number of urea groups is 1. The fourth-order valence-electron chi connectivity index (χ4n) is 3.21. The summed E-state index contributed by atoms with van der Waals surface area (Å²) in [6.07, 6.45) is 6.91. The summed E-state index contributed by atoms with van der Waals surface area (Å²) < 4.78 is 5.41. The molecule has 1 atom stereocenters. The van der Waals surface area contributed by atoms with E-state index in [0.717, 1.165) is 0 Å². The highest BCUT2D eigenvalue weighted by Crippen LogP contribution is 2.25. The molecule has 0 aromatic carbocycles. The number of ether oxygens (including phenoxy) is 1. The molecule has 1 saturated carbocycles. The van der Waals surface area contributed by atoms with Crippen molar-refractivity contribution in [2.24, 2.45) is 5.92 Å². The second-order valence-electron chi connectivity index (χ2n) is 6.42. The van der Waals surface area contributed by atoms with Crippen molar-refractivity contribution in [3.05, 3.63) is 0 Å². The van der Waals surface area contributed by atoms with Gasteiger partial charge in [-0.3, -0.25) is 4.79 Å². The number of nitrogens with zero attached hydrogens (tertiary/aromatic N) is 1. The molecular formula is C16H29N3O3. The normalized spacial score (nSPS) is 23.1. The maximum atomic E-state index is 12.0. The van der Waals surface area contributed by atoms with Gasteiger partial charge in [0.2, 0.25) is 5.91 Å². The molecule has 0 aromatic heterocycles. The Hall–Kier alpha value is -1.30. The summed E-state index contributed by atoms with van der Waals surface area (Å²) in [5, 5.41) is 5.75. The highest BCUT2D eigenvalue weighted by Gasteiger charge is 2.21. The predicted molar refractivity (Wildman–Crippen MR) is 84.6 cm³/mol. The molecule has 0 aromatic rings. The van der Waals surface area contributed by atoms with Gasteiger partial charge >= 0.3 is 6.03 Å². The summed E-state index contributed by atoms with van der Waals surface area (Å²) in [6.45, 7) is 4.78. The van der Waals surface area contributed by atoms with Crippen LogP contribution in [0.3, 0.4) is 0 Å². The van der Waals surface area contributed by atoms with E-state index in [1.807, 2.05) is 6.92 Å². The van der Waals surface area contributed by atoms with Crippen molar-refractivity contribution in [1.82, 2.24) is 15.5 Å². The number of hydrogen-bond donors (Lipinski definition) is 2. The molecule has 1 aliphatic carbocycles. The Morgan fingerprint density at radius 2 is 1.86 bits per heavy atom. The van der Waals surface area contributed by atoms with E-state index in [-0.39, 0.29) is 18.0 Å². The summed E-state index contributed by atoms with van der Waals surface area (Å²) in [7, 11) is 0. The van der Waals surface area contributed by atoms with Crippen LogP contribution < -0.4 is 10.6 Å². The Morgan fingerprint density at radius 3 is 2.59 bits per heavy atom. The molecular weight excluding hydrogens is 282 g/mol. The van der Waals surface area contributed by atoms with Crippen molar-refractivity contribution in [3.8, 4) is 0 Å². The zero-order valence-corrected chi connectivity index (χ0v) is 13.6. The van der Waals surface area contributed by atoms with Crippen LogP contribution in [0.2, 0.25) is 0 Å². The van der Waals surface area contributed by atoms with Crippen LogP contribution in [0.25, 0.3) is 0 Å². The lowest BCUT2D eigenvalue weighted by molar-refractivity contribution is -0.122. The molecule has 3 amide bonds. The number of nitrogens with one attached hydrogen (secondary N) is 2. The Balaban J connectivity index is 1.54. The van der Waals surface area contributed by atoms with Gasteiger partial charge in [-0.2, -0.15) is 0 Å². The van der Waals surface area contributed by atoms with Gasteiger partial charge in [-0.15, -0.1) is 0 Å². The van der Waals surface area contributed by atoms with Crippen LogP contribution in [0.15, 0.2) is 0 Å². The SMILES string of the molecule is CC1CN(C(=O)NCCNC(=O)CC2CCCCC2)CCO1. The van der Waals surface area contributed by atoms with Crippen molar-refractivity contribution in [3.63, 3.8) is 0 Å². The van der Waals surface area contributed by atoms with Crippen LogP contribution in [-0.2, 0) is 9.53 Å². The summed E-state index contributed by atoms with van der Waals surface area (Å²) in [6, 6.07) is -0.0725. The fraction of sp³-hybridized carbons (Fsp3) is 0.875. The van der Waals surface area contributed by atoms with E-state index in [0.29, 0.717) is 45.1 Å². The molecule has 1 saturated heterocycles. The molecule has 0 radical (unpaired) electrons. The van der Waals surface area contributed by atoms with Gasteiger partial charge in [0, 0.05) is 32.6 Å². The summed E-state index contributed by atoms with van der Waals surface area (Å²) in [5.74, 6) is 0.666. The van der Waals surface area contributed by atoms with E-state index in [2.05, 4.69) is 10.6 Å². The monoisotopic (exact) mass is 311 g/mol. The number of carbonyl (C=O) groups is 2. The van der Waals surface area contributed by atoms with E-state index in [1.54, 1.807) is 4.90 Å². The molecule has 1 unspecified atom stereocenters. The van der Waals surface area contributed by atoms with Gasteiger partial charge in [0.25, 0.3) is 0 Å². The van der Waals surface area contributed by atoms with E-state index in [4.69, 9.17) is 4.74 Å². The molecule has 6 nitrogen and oxygen atoms in total. The first-order valence-electron chi connectivity index (χ1n) is 8.56. The lowest BCUT2D eigenvalue weighted by atomic mass is 9.87. The van der Waals surface area contributed by atoms with Gasteiger partial charge < -0.3 is 20.3 Å². The molecule has 126 valence electrons. The Morgan fingerprint density at radius 1 is 1.14 bits per heavy atom. The molecule has 1 aliphatic heterocycles. The minimum absolute atomic E-state index is 0.0725. The molecule has 1 heterocycles. The largest absolute Gasteiger partial charge is 0.375 e. The summed E-state index contributed by atoms with van der Waals surface area (Å²) in [5.41, 5.74) is 0. The quantitative estimate of drug-likeness (QED) is 0.756. The van der Waals surface area contributed by atoms with E-state index < -0.39 is 0 Å². The van der Waals surface area contributed by atoms with Crippen LogP contribution >= 0.6 is 0 Å². The number of rotatable bonds is 5. The van der Waals surface area contributed by atoms with Crippen LogP contribution in [0.5, 0.6) is 0 Å². The molecule has 2 N–H and O–H groups in total. The maximum absolute atomic E-state index is 12.0. The highest BCUT2D eigenvalue weighted by molar-refractivity contribution is 5.76. The van der Waals surface area contributed by atoms with Gasteiger partial charge in [0.15, 0.2) is 0 Å². The lowest BCUT2D eigenvalue weighted by Gasteiger charge is -2.31. The van der Waals surface area contributed by atoms with Crippen molar-refractivity contribution in [1.29, 1.82) is 0 Å². The number of hydrogen-bond acceptors (Lipinski definition) is 3. The first-order chi connectivity index (χ1) is 10.6. The third-order valence-electron chi connectivity index (χ3n) is 4.45. The standard InChI is InChI=1S/C16H29N3O3/c1-13-12-19(9-10-22-13)16(21)18-8-7-17-15(20)11-14-5-3-2-4-6-14/h13-14H,2-12H2,1H3,(H,17,20)(H,18,21). The van der Waals surface area contributed by atoms with Crippen molar-refractivity contribution in [2.75, 3.05) is 32.8 Å². The Kier molecular flexibility index (Phi) is 6.96. The second kappa shape index (κ2) is 8.98. The van der Waals surface area contributed by atoms with Gasteiger partial charge in [0.1, 0.15) is 0 Å². The van der Waals surface area contributed by atoms with Gasteiger partial charge in [-0.25, -0.2) is 4.79 Å². The van der Waals surface area contributed by atoms with Crippen molar-refractivity contribution in [2.45, 2.75) is 51.6 Å². The minimum Gasteiger partial charge on any atom is -0.375 e. The lowest BCUT2D eigenvalue weighted by Crippen LogP contribution is -2.50. The predicted octanol–water partition coefficient (Wildman–Crippen LogP) is 1.50. The van der Waals surface area contributed by atoms with E-state index in [9.17, 15) is 9.59 Å². The van der Waals surface area contributed by atoms with Gasteiger partial charge in [0.05, 0.1) is 12.7 Å². The van der Waals surface area contributed by atoms with Crippen LogP contribution in [0.4, 0.5) is 4.79 Å². The fourth-order valence-corrected chi connectivity index (χ4v) is 3.21. The molecule has 2 aliphatic rings. The molecule has 2 fully saturated rings. The maximum Gasteiger partial charge on any atom is 0.317 e. The van der Waals surface area contributed by atoms with Gasteiger partial charge in [-0.1, -0.05) is 19.3 Å².